The fourth-order valence-corrected chi connectivity index (χ4v) is 3.46. The minimum absolute atomic E-state index is 0.477. The molecule has 0 unspecified atom stereocenters. The SMILES string of the molecule is COc1ccc([C@@H]2CC=C[C@@H]3CCCCN32)cc1OC. The second kappa shape index (κ2) is 5.88. The van der Waals surface area contributed by atoms with Gasteiger partial charge in [0.05, 0.1) is 14.2 Å². The average Bonchev–Trinajstić information content (AvgIpc) is 2.53. The number of methoxy groups -OCH3 is 2. The van der Waals surface area contributed by atoms with Crippen molar-refractivity contribution in [2.24, 2.45) is 0 Å². The molecule has 20 heavy (non-hydrogen) atoms. The Bertz CT molecular complexity index is 498. The lowest BCUT2D eigenvalue weighted by molar-refractivity contribution is 0.113. The van der Waals surface area contributed by atoms with Crippen LogP contribution >= 0.6 is 0 Å². The predicted molar refractivity (Wildman–Crippen MR) is 80.4 cm³/mol. The van der Waals surface area contributed by atoms with E-state index in [4.69, 9.17) is 9.47 Å². The minimum Gasteiger partial charge on any atom is -0.493 e. The third-order valence-electron chi connectivity index (χ3n) is 4.50. The standard InChI is InChI=1S/C17H23NO2/c1-19-16-10-9-13(12-17(16)20-2)15-8-5-7-14-6-3-4-11-18(14)15/h5,7,9-10,12,14-15H,3-4,6,8,11H2,1-2H3/t14-,15-/m0/s1. The number of hydrogen-bond acceptors (Lipinski definition) is 3. The monoisotopic (exact) mass is 273 g/mol. The molecule has 0 aliphatic carbocycles. The van der Waals surface area contributed by atoms with Crippen molar-refractivity contribution in [2.75, 3.05) is 20.8 Å². The van der Waals surface area contributed by atoms with Gasteiger partial charge in [0.2, 0.25) is 0 Å². The normalized spacial score (nSPS) is 26.1. The van der Waals surface area contributed by atoms with Crippen molar-refractivity contribution < 1.29 is 9.47 Å². The first-order valence-electron chi connectivity index (χ1n) is 7.48. The van der Waals surface area contributed by atoms with Crippen LogP contribution in [-0.2, 0) is 0 Å². The molecule has 3 nitrogen and oxygen atoms in total. The van der Waals surface area contributed by atoms with Crippen molar-refractivity contribution in [2.45, 2.75) is 37.8 Å². The van der Waals surface area contributed by atoms with E-state index in [1.807, 2.05) is 6.07 Å². The van der Waals surface area contributed by atoms with Gasteiger partial charge in [-0.05, 0) is 43.5 Å². The van der Waals surface area contributed by atoms with Crippen LogP contribution < -0.4 is 9.47 Å². The van der Waals surface area contributed by atoms with E-state index in [1.165, 1.54) is 31.4 Å². The third kappa shape index (κ3) is 2.42. The van der Waals surface area contributed by atoms with Crippen LogP contribution in [-0.4, -0.2) is 31.7 Å². The number of hydrogen-bond donors (Lipinski definition) is 0. The summed E-state index contributed by atoms with van der Waals surface area (Å²) in [6.45, 7) is 1.20. The maximum absolute atomic E-state index is 5.44. The van der Waals surface area contributed by atoms with Crippen molar-refractivity contribution in [3.63, 3.8) is 0 Å². The number of benzene rings is 1. The summed E-state index contributed by atoms with van der Waals surface area (Å²) in [6, 6.07) is 7.43. The Morgan fingerprint density at radius 1 is 1.10 bits per heavy atom. The van der Waals surface area contributed by atoms with Crippen LogP contribution in [0.15, 0.2) is 30.4 Å². The van der Waals surface area contributed by atoms with E-state index in [-0.39, 0.29) is 0 Å². The zero-order valence-corrected chi connectivity index (χ0v) is 12.3. The summed E-state index contributed by atoms with van der Waals surface area (Å²) in [6.07, 6.45) is 9.77. The second-order valence-electron chi connectivity index (χ2n) is 5.60. The van der Waals surface area contributed by atoms with Crippen LogP contribution in [0.4, 0.5) is 0 Å². The summed E-state index contributed by atoms with van der Waals surface area (Å²) in [4.78, 5) is 2.64. The highest BCUT2D eigenvalue weighted by molar-refractivity contribution is 5.44. The van der Waals surface area contributed by atoms with E-state index in [9.17, 15) is 0 Å². The van der Waals surface area contributed by atoms with E-state index in [1.54, 1.807) is 14.2 Å². The zero-order chi connectivity index (χ0) is 13.9. The van der Waals surface area contributed by atoms with Gasteiger partial charge in [0.25, 0.3) is 0 Å². The summed E-state index contributed by atoms with van der Waals surface area (Å²) in [5.74, 6) is 1.63. The molecule has 0 aromatic heterocycles. The number of piperidine rings is 1. The van der Waals surface area contributed by atoms with Crippen molar-refractivity contribution in [1.82, 2.24) is 4.90 Å². The molecule has 2 aliphatic rings. The van der Waals surface area contributed by atoms with Crippen LogP contribution in [0.2, 0.25) is 0 Å². The molecule has 0 N–H and O–H groups in total. The Morgan fingerprint density at radius 3 is 2.75 bits per heavy atom. The van der Waals surface area contributed by atoms with Crippen LogP contribution in [0.1, 0.15) is 37.3 Å². The Balaban J connectivity index is 1.89. The first kappa shape index (κ1) is 13.5. The molecule has 0 bridgehead atoms. The Labute approximate surface area is 121 Å². The van der Waals surface area contributed by atoms with Gasteiger partial charge in [0, 0.05) is 12.1 Å². The first-order valence-corrected chi connectivity index (χ1v) is 7.48. The summed E-state index contributed by atoms with van der Waals surface area (Å²) in [7, 11) is 3.38. The molecule has 0 amide bonds. The minimum atomic E-state index is 0.477. The Hall–Kier alpha value is -1.48. The quantitative estimate of drug-likeness (QED) is 0.786. The highest BCUT2D eigenvalue weighted by Gasteiger charge is 2.30. The van der Waals surface area contributed by atoms with Crippen LogP contribution in [0.3, 0.4) is 0 Å². The molecule has 3 rings (SSSR count). The highest BCUT2D eigenvalue weighted by Crippen LogP contribution is 2.38. The molecule has 1 aromatic carbocycles. The fourth-order valence-electron chi connectivity index (χ4n) is 3.46. The third-order valence-corrected chi connectivity index (χ3v) is 4.50. The zero-order valence-electron chi connectivity index (χ0n) is 12.3. The Kier molecular flexibility index (Phi) is 3.97. The Morgan fingerprint density at radius 2 is 1.95 bits per heavy atom. The largest absolute Gasteiger partial charge is 0.493 e. The topological polar surface area (TPSA) is 21.7 Å². The van der Waals surface area contributed by atoms with Gasteiger partial charge in [-0.25, -0.2) is 0 Å². The van der Waals surface area contributed by atoms with Crippen molar-refractivity contribution in [1.29, 1.82) is 0 Å². The van der Waals surface area contributed by atoms with E-state index in [2.05, 4.69) is 29.2 Å². The number of ether oxygens (including phenoxy) is 2. The molecule has 1 fully saturated rings. The lowest BCUT2D eigenvalue weighted by Gasteiger charge is -2.42. The van der Waals surface area contributed by atoms with Gasteiger partial charge in [0.1, 0.15) is 0 Å². The van der Waals surface area contributed by atoms with E-state index >= 15 is 0 Å². The first-order chi connectivity index (χ1) is 9.83. The highest BCUT2D eigenvalue weighted by atomic mass is 16.5. The van der Waals surface area contributed by atoms with Gasteiger partial charge in [-0.3, -0.25) is 4.90 Å². The van der Waals surface area contributed by atoms with E-state index in [0.29, 0.717) is 12.1 Å². The summed E-state index contributed by atoms with van der Waals surface area (Å²) in [5.41, 5.74) is 1.33. The van der Waals surface area contributed by atoms with Gasteiger partial charge >= 0.3 is 0 Å². The van der Waals surface area contributed by atoms with Crippen molar-refractivity contribution >= 4 is 0 Å². The van der Waals surface area contributed by atoms with Crippen LogP contribution in [0.5, 0.6) is 11.5 Å². The lowest BCUT2D eigenvalue weighted by atomic mass is 9.90. The number of rotatable bonds is 3. The summed E-state index contributed by atoms with van der Waals surface area (Å²) in [5, 5.41) is 0. The fraction of sp³-hybridized carbons (Fsp3) is 0.529. The summed E-state index contributed by atoms with van der Waals surface area (Å²) >= 11 is 0. The smallest absolute Gasteiger partial charge is 0.161 e. The molecule has 0 spiro atoms. The molecular weight excluding hydrogens is 250 g/mol. The van der Waals surface area contributed by atoms with Crippen molar-refractivity contribution in [3.05, 3.63) is 35.9 Å². The molecule has 2 aliphatic heterocycles. The number of nitrogens with zero attached hydrogens (tertiary/aromatic N) is 1. The molecule has 108 valence electrons. The molecule has 3 heteroatoms. The molecule has 0 radical (unpaired) electrons. The molecule has 0 saturated carbocycles. The molecule has 1 aromatic rings. The van der Waals surface area contributed by atoms with Crippen LogP contribution in [0, 0.1) is 0 Å². The molecule has 2 atom stereocenters. The van der Waals surface area contributed by atoms with E-state index < -0.39 is 0 Å². The maximum atomic E-state index is 5.44. The average molecular weight is 273 g/mol. The van der Waals surface area contributed by atoms with Crippen molar-refractivity contribution in [3.8, 4) is 11.5 Å². The summed E-state index contributed by atoms with van der Waals surface area (Å²) < 4.78 is 10.8. The number of fused-ring (bicyclic) bond motifs is 1. The second-order valence-corrected chi connectivity index (χ2v) is 5.60. The van der Waals surface area contributed by atoms with E-state index in [0.717, 1.165) is 17.9 Å². The molecule has 2 heterocycles. The lowest BCUT2D eigenvalue weighted by Crippen LogP contribution is -2.42. The van der Waals surface area contributed by atoms with Gasteiger partial charge in [0.15, 0.2) is 11.5 Å². The maximum Gasteiger partial charge on any atom is 0.161 e. The molecule has 1 saturated heterocycles. The van der Waals surface area contributed by atoms with Gasteiger partial charge in [-0.2, -0.15) is 0 Å². The van der Waals surface area contributed by atoms with Gasteiger partial charge in [-0.1, -0.05) is 24.6 Å². The van der Waals surface area contributed by atoms with Crippen LogP contribution in [0.25, 0.3) is 0 Å². The van der Waals surface area contributed by atoms with Gasteiger partial charge < -0.3 is 9.47 Å². The predicted octanol–water partition coefficient (Wildman–Crippen LogP) is 3.56. The molecular formula is C17H23NO2. The van der Waals surface area contributed by atoms with Gasteiger partial charge in [-0.15, -0.1) is 0 Å².